The van der Waals surface area contributed by atoms with E-state index in [0.717, 1.165) is 35.3 Å². The van der Waals surface area contributed by atoms with Crippen LogP contribution in [0.2, 0.25) is 0 Å². The van der Waals surface area contributed by atoms with Crippen molar-refractivity contribution in [2.24, 2.45) is 5.73 Å². The summed E-state index contributed by atoms with van der Waals surface area (Å²) in [7, 11) is 0. The van der Waals surface area contributed by atoms with Crippen LogP contribution in [0.3, 0.4) is 0 Å². The molecule has 7 nitrogen and oxygen atoms in total. The van der Waals surface area contributed by atoms with Crippen molar-refractivity contribution in [1.82, 2.24) is 14.8 Å². The molecule has 0 saturated heterocycles. The van der Waals surface area contributed by atoms with E-state index in [4.69, 9.17) is 5.73 Å². The highest BCUT2D eigenvalue weighted by molar-refractivity contribution is 8.00. The SMILES string of the molecule is CC(Sc1nncn1Cc1ccccc1)C(=O)Nc1sc2c(c1C(N)=O)CCC2. The highest BCUT2D eigenvalue weighted by Crippen LogP contribution is 2.39. The Kier molecular flexibility index (Phi) is 5.68. The van der Waals surface area contributed by atoms with Gasteiger partial charge in [-0.15, -0.1) is 21.5 Å². The number of anilines is 1. The van der Waals surface area contributed by atoms with Gasteiger partial charge in [0.05, 0.1) is 17.4 Å². The Hall–Kier alpha value is -2.65. The van der Waals surface area contributed by atoms with Crippen LogP contribution in [0.4, 0.5) is 5.00 Å². The fourth-order valence-electron chi connectivity index (χ4n) is 3.40. The van der Waals surface area contributed by atoms with Crippen molar-refractivity contribution in [1.29, 1.82) is 0 Å². The lowest BCUT2D eigenvalue weighted by Gasteiger charge is -2.12. The van der Waals surface area contributed by atoms with Gasteiger partial charge in [-0.3, -0.25) is 9.59 Å². The third-order valence-corrected chi connectivity index (χ3v) is 7.13. The van der Waals surface area contributed by atoms with Gasteiger partial charge in [0, 0.05) is 4.88 Å². The van der Waals surface area contributed by atoms with Crippen LogP contribution < -0.4 is 11.1 Å². The predicted octanol–water partition coefficient (Wildman–Crippen LogP) is 3.09. The maximum Gasteiger partial charge on any atom is 0.251 e. The van der Waals surface area contributed by atoms with E-state index in [2.05, 4.69) is 15.5 Å². The van der Waals surface area contributed by atoms with Gasteiger partial charge < -0.3 is 15.6 Å². The van der Waals surface area contributed by atoms with Crippen molar-refractivity contribution in [2.45, 2.75) is 43.1 Å². The van der Waals surface area contributed by atoms with Crippen molar-refractivity contribution in [2.75, 3.05) is 5.32 Å². The number of hydrogen-bond donors (Lipinski definition) is 2. The number of nitrogens with two attached hydrogens (primary N) is 1. The number of hydrogen-bond acceptors (Lipinski definition) is 6. The molecule has 0 radical (unpaired) electrons. The van der Waals surface area contributed by atoms with Gasteiger partial charge in [0.1, 0.15) is 11.3 Å². The molecule has 0 fully saturated rings. The predicted molar refractivity (Wildman–Crippen MR) is 114 cm³/mol. The van der Waals surface area contributed by atoms with Gasteiger partial charge in [-0.1, -0.05) is 42.1 Å². The van der Waals surface area contributed by atoms with Crippen LogP contribution >= 0.6 is 23.1 Å². The molecule has 3 aromatic rings. The quantitative estimate of drug-likeness (QED) is 0.564. The number of carbonyl (C=O) groups is 2. The van der Waals surface area contributed by atoms with Gasteiger partial charge in [-0.05, 0) is 37.3 Å². The molecule has 1 aliphatic rings. The molecule has 0 saturated carbocycles. The monoisotopic (exact) mass is 427 g/mol. The summed E-state index contributed by atoms with van der Waals surface area (Å²) in [5, 5.41) is 11.9. The van der Waals surface area contributed by atoms with Gasteiger partial charge in [-0.2, -0.15) is 0 Å². The minimum atomic E-state index is -0.484. The number of thioether (sulfide) groups is 1. The first-order valence-corrected chi connectivity index (χ1v) is 11.1. The number of nitrogens with one attached hydrogen (secondary N) is 1. The number of fused-ring (bicyclic) bond motifs is 1. The molecule has 0 bridgehead atoms. The third kappa shape index (κ3) is 4.20. The fourth-order valence-corrected chi connectivity index (χ4v) is 5.52. The zero-order valence-corrected chi connectivity index (χ0v) is 17.6. The maximum atomic E-state index is 12.8. The molecular weight excluding hydrogens is 406 g/mol. The smallest absolute Gasteiger partial charge is 0.251 e. The van der Waals surface area contributed by atoms with E-state index in [9.17, 15) is 9.59 Å². The largest absolute Gasteiger partial charge is 0.365 e. The Morgan fingerprint density at radius 2 is 2.10 bits per heavy atom. The van der Waals surface area contributed by atoms with Crippen LogP contribution in [0, 0.1) is 0 Å². The summed E-state index contributed by atoms with van der Waals surface area (Å²) in [5.41, 5.74) is 8.18. The highest BCUT2D eigenvalue weighted by atomic mass is 32.2. The minimum absolute atomic E-state index is 0.188. The Labute approximate surface area is 176 Å². The van der Waals surface area contributed by atoms with E-state index in [1.807, 2.05) is 41.8 Å². The Balaban J connectivity index is 1.45. The number of amides is 2. The van der Waals surface area contributed by atoms with Crippen LogP contribution in [-0.4, -0.2) is 31.8 Å². The summed E-state index contributed by atoms with van der Waals surface area (Å²) >= 11 is 2.79. The molecule has 29 heavy (non-hydrogen) atoms. The first-order chi connectivity index (χ1) is 14.0. The summed E-state index contributed by atoms with van der Waals surface area (Å²) in [6.07, 6.45) is 4.46. The molecule has 1 aliphatic carbocycles. The van der Waals surface area contributed by atoms with Crippen LogP contribution in [0.15, 0.2) is 41.8 Å². The average Bonchev–Trinajstić information content (AvgIpc) is 3.39. The van der Waals surface area contributed by atoms with E-state index < -0.39 is 11.2 Å². The standard InChI is InChI=1S/C20H21N5O2S2/c1-12(28-20-24-22-11-25(20)10-13-6-3-2-4-7-13)18(27)23-19-16(17(21)26)14-8-5-9-15(14)29-19/h2-4,6-7,11-12H,5,8-10H2,1H3,(H2,21,26)(H,23,27). The zero-order valence-electron chi connectivity index (χ0n) is 15.9. The van der Waals surface area contributed by atoms with E-state index in [1.165, 1.54) is 23.1 Å². The second-order valence-electron chi connectivity index (χ2n) is 6.90. The van der Waals surface area contributed by atoms with Gasteiger partial charge in [0.25, 0.3) is 5.91 Å². The fraction of sp³-hybridized carbons (Fsp3) is 0.300. The first-order valence-electron chi connectivity index (χ1n) is 9.36. The van der Waals surface area contributed by atoms with E-state index >= 15 is 0 Å². The average molecular weight is 428 g/mol. The number of carbonyl (C=O) groups excluding carboxylic acids is 2. The third-order valence-electron chi connectivity index (χ3n) is 4.83. The summed E-state index contributed by atoms with van der Waals surface area (Å²) in [5.74, 6) is -0.672. The molecule has 1 atom stereocenters. The Morgan fingerprint density at radius 3 is 2.86 bits per heavy atom. The van der Waals surface area contributed by atoms with Crippen molar-refractivity contribution in [3.05, 3.63) is 58.2 Å². The molecule has 4 rings (SSSR count). The van der Waals surface area contributed by atoms with Crippen molar-refractivity contribution in [3.63, 3.8) is 0 Å². The molecule has 9 heteroatoms. The summed E-state index contributed by atoms with van der Waals surface area (Å²) in [6.45, 7) is 2.45. The van der Waals surface area contributed by atoms with Gasteiger partial charge >= 0.3 is 0 Å². The molecule has 150 valence electrons. The summed E-state index contributed by atoms with van der Waals surface area (Å²) < 4.78 is 1.91. The number of primary amides is 1. The van der Waals surface area contributed by atoms with Crippen molar-refractivity contribution < 1.29 is 9.59 Å². The molecule has 1 unspecified atom stereocenters. The number of benzene rings is 1. The lowest BCUT2D eigenvalue weighted by molar-refractivity contribution is -0.115. The number of aryl methyl sites for hydroxylation is 1. The van der Waals surface area contributed by atoms with Crippen LogP contribution in [0.25, 0.3) is 0 Å². The summed E-state index contributed by atoms with van der Waals surface area (Å²) in [6, 6.07) is 10.0. The molecule has 0 spiro atoms. The molecule has 2 heterocycles. The van der Waals surface area contributed by atoms with E-state index in [1.54, 1.807) is 6.33 Å². The second-order valence-corrected chi connectivity index (χ2v) is 9.32. The van der Waals surface area contributed by atoms with Crippen LogP contribution in [-0.2, 0) is 24.2 Å². The minimum Gasteiger partial charge on any atom is -0.365 e. The molecular formula is C20H21N5O2S2. The lowest BCUT2D eigenvalue weighted by atomic mass is 10.1. The van der Waals surface area contributed by atoms with E-state index in [-0.39, 0.29) is 5.91 Å². The maximum absolute atomic E-state index is 12.8. The second kappa shape index (κ2) is 8.38. The van der Waals surface area contributed by atoms with Crippen LogP contribution in [0.1, 0.15) is 39.7 Å². The van der Waals surface area contributed by atoms with Gasteiger partial charge in [0.2, 0.25) is 5.91 Å². The number of thiophene rings is 1. The lowest BCUT2D eigenvalue weighted by Crippen LogP contribution is -2.24. The number of nitrogens with zero attached hydrogens (tertiary/aromatic N) is 3. The number of rotatable bonds is 7. The molecule has 2 aromatic heterocycles. The summed E-state index contributed by atoms with van der Waals surface area (Å²) in [4.78, 5) is 25.8. The zero-order chi connectivity index (χ0) is 20.4. The molecule has 2 amide bonds. The van der Waals surface area contributed by atoms with E-state index in [0.29, 0.717) is 22.3 Å². The molecule has 3 N–H and O–H groups in total. The van der Waals surface area contributed by atoms with Crippen LogP contribution in [0.5, 0.6) is 0 Å². The Bertz CT molecular complexity index is 1040. The Morgan fingerprint density at radius 1 is 1.31 bits per heavy atom. The molecule has 0 aliphatic heterocycles. The first kappa shape index (κ1) is 19.7. The highest BCUT2D eigenvalue weighted by Gasteiger charge is 2.27. The molecule has 1 aromatic carbocycles. The van der Waals surface area contributed by atoms with Gasteiger partial charge in [0.15, 0.2) is 5.16 Å². The van der Waals surface area contributed by atoms with Crippen molar-refractivity contribution in [3.8, 4) is 0 Å². The van der Waals surface area contributed by atoms with Gasteiger partial charge in [-0.25, -0.2) is 0 Å². The van der Waals surface area contributed by atoms with Crippen molar-refractivity contribution >= 4 is 39.9 Å². The number of aromatic nitrogens is 3. The normalized spacial score (nSPS) is 13.8. The topological polar surface area (TPSA) is 103 Å².